The van der Waals surface area contributed by atoms with Crippen molar-refractivity contribution in [3.05, 3.63) is 53.1 Å². The number of ether oxygens (including phenoxy) is 3. The highest BCUT2D eigenvalue weighted by Gasteiger charge is 2.13. The molecule has 2 aromatic carbocycles. The standard InChI is InChI=1S/C19H21NO5/c1-12-9-17(24-3)14(10-16(12)23-2)11-18(21)20-15-7-5-13(6-8-15)19(22)25-4/h5-10H,11H2,1-4H3,(H,20,21). The van der Waals surface area contributed by atoms with Gasteiger partial charge in [0, 0.05) is 11.3 Å². The minimum absolute atomic E-state index is 0.137. The average Bonchev–Trinajstić information content (AvgIpc) is 2.62. The van der Waals surface area contributed by atoms with Crippen LogP contribution in [0.25, 0.3) is 0 Å². The maximum atomic E-state index is 12.3. The summed E-state index contributed by atoms with van der Waals surface area (Å²) in [5, 5.41) is 2.79. The van der Waals surface area contributed by atoms with Crippen LogP contribution in [0.2, 0.25) is 0 Å². The van der Waals surface area contributed by atoms with E-state index in [-0.39, 0.29) is 12.3 Å². The molecule has 25 heavy (non-hydrogen) atoms. The largest absolute Gasteiger partial charge is 0.496 e. The van der Waals surface area contributed by atoms with Crippen LogP contribution in [0.1, 0.15) is 21.5 Å². The van der Waals surface area contributed by atoms with Crippen LogP contribution in [-0.4, -0.2) is 33.2 Å². The molecule has 0 aromatic heterocycles. The van der Waals surface area contributed by atoms with Crippen molar-refractivity contribution < 1.29 is 23.8 Å². The lowest BCUT2D eigenvalue weighted by molar-refractivity contribution is -0.115. The summed E-state index contributed by atoms with van der Waals surface area (Å²) in [6.07, 6.45) is 0.137. The summed E-state index contributed by atoms with van der Waals surface area (Å²) in [5.41, 5.74) is 2.68. The molecule has 0 spiro atoms. The van der Waals surface area contributed by atoms with Crippen LogP contribution in [0.3, 0.4) is 0 Å². The summed E-state index contributed by atoms with van der Waals surface area (Å²) < 4.78 is 15.3. The lowest BCUT2D eigenvalue weighted by Gasteiger charge is -2.13. The van der Waals surface area contributed by atoms with Gasteiger partial charge in [0.05, 0.1) is 33.3 Å². The van der Waals surface area contributed by atoms with Crippen molar-refractivity contribution in [1.29, 1.82) is 0 Å². The molecule has 132 valence electrons. The summed E-state index contributed by atoms with van der Waals surface area (Å²) in [5.74, 6) is 0.713. The highest BCUT2D eigenvalue weighted by atomic mass is 16.5. The zero-order valence-corrected chi connectivity index (χ0v) is 14.7. The molecule has 0 heterocycles. The monoisotopic (exact) mass is 343 g/mol. The van der Waals surface area contributed by atoms with E-state index in [1.165, 1.54) is 7.11 Å². The van der Waals surface area contributed by atoms with Crippen molar-refractivity contribution in [2.45, 2.75) is 13.3 Å². The number of methoxy groups -OCH3 is 3. The van der Waals surface area contributed by atoms with Crippen LogP contribution >= 0.6 is 0 Å². The minimum atomic E-state index is -0.422. The van der Waals surface area contributed by atoms with Gasteiger partial charge in [-0.25, -0.2) is 4.79 Å². The summed E-state index contributed by atoms with van der Waals surface area (Å²) in [4.78, 5) is 23.7. The van der Waals surface area contributed by atoms with E-state index in [1.807, 2.05) is 13.0 Å². The van der Waals surface area contributed by atoms with Crippen LogP contribution in [0.15, 0.2) is 36.4 Å². The molecule has 6 heteroatoms. The van der Waals surface area contributed by atoms with E-state index in [9.17, 15) is 9.59 Å². The molecule has 0 unspecified atom stereocenters. The molecule has 0 atom stereocenters. The zero-order valence-electron chi connectivity index (χ0n) is 14.7. The smallest absolute Gasteiger partial charge is 0.337 e. The van der Waals surface area contributed by atoms with Gasteiger partial charge < -0.3 is 19.5 Å². The van der Waals surface area contributed by atoms with Crippen molar-refractivity contribution >= 4 is 17.6 Å². The quantitative estimate of drug-likeness (QED) is 0.816. The normalized spacial score (nSPS) is 10.1. The zero-order chi connectivity index (χ0) is 18.4. The van der Waals surface area contributed by atoms with Gasteiger partial charge in [-0.05, 0) is 48.9 Å². The van der Waals surface area contributed by atoms with Gasteiger partial charge in [0.25, 0.3) is 0 Å². The van der Waals surface area contributed by atoms with Gasteiger partial charge in [-0.3, -0.25) is 4.79 Å². The van der Waals surface area contributed by atoms with E-state index >= 15 is 0 Å². The Morgan fingerprint density at radius 3 is 2.16 bits per heavy atom. The number of carbonyl (C=O) groups is 2. The summed E-state index contributed by atoms with van der Waals surface area (Å²) in [6.45, 7) is 1.91. The molecule has 2 aromatic rings. The Kier molecular flexibility index (Phi) is 6.00. The second-order valence-corrected chi connectivity index (χ2v) is 5.43. The van der Waals surface area contributed by atoms with Gasteiger partial charge in [-0.2, -0.15) is 0 Å². The Labute approximate surface area is 146 Å². The fourth-order valence-corrected chi connectivity index (χ4v) is 2.44. The highest BCUT2D eigenvalue weighted by Crippen LogP contribution is 2.28. The average molecular weight is 343 g/mol. The Hall–Kier alpha value is -3.02. The number of benzene rings is 2. The first-order valence-electron chi connectivity index (χ1n) is 7.68. The molecule has 0 bridgehead atoms. The number of rotatable bonds is 6. The molecule has 0 saturated heterocycles. The number of esters is 1. The van der Waals surface area contributed by atoms with Gasteiger partial charge >= 0.3 is 5.97 Å². The third-order valence-corrected chi connectivity index (χ3v) is 3.74. The van der Waals surface area contributed by atoms with Crippen LogP contribution in [0.4, 0.5) is 5.69 Å². The fraction of sp³-hybridized carbons (Fsp3) is 0.263. The maximum absolute atomic E-state index is 12.3. The summed E-state index contributed by atoms with van der Waals surface area (Å²) in [6, 6.07) is 10.1. The number of anilines is 1. The molecule has 0 aliphatic heterocycles. The lowest BCUT2D eigenvalue weighted by Crippen LogP contribution is -2.15. The summed E-state index contributed by atoms with van der Waals surface area (Å²) in [7, 11) is 4.47. The van der Waals surface area contributed by atoms with E-state index in [2.05, 4.69) is 10.1 Å². The van der Waals surface area contributed by atoms with E-state index in [0.717, 1.165) is 11.1 Å². The van der Waals surface area contributed by atoms with Gasteiger partial charge in [-0.15, -0.1) is 0 Å². The van der Waals surface area contributed by atoms with Crippen molar-refractivity contribution in [3.8, 4) is 11.5 Å². The number of amides is 1. The van der Waals surface area contributed by atoms with Crippen molar-refractivity contribution in [2.75, 3.05) is 26.6 Å². The lowest BCUT2D eigenvalue weighted by atomic mass is 10.1. The maximum Gasteiger partial charge on any atom is 0.337 e. The van der Waals surface area contributed by atoms with Crippen LogP contribution < -0.4 is 14.8 Å². The second-order valence-electron chi connectivity index (χ2n) is 5.43. The molecular formula is C19H21NO5. The van der Waals surface area contributed by atoms with Crippen LogP contribution in [0, 0.1) is 6.92 Å². The molecule has 1 N–H and O–H groups in total. The number of nitrogens with one attached hydrogen (secondary N) is 1. The molecule has 2 rings (SSSR count). The van der Waals surface area contributed by atoms with Crippen molar-refractivity contribution in [3.63, 3.8) is 0 Å². The van der Waals surface area contributed by atoms with E-state index in [4.69, 9.17) is 9.47 Å². The first kappa shape index (κ1) is 18.3. The summed E-state index contributed by atoms with van der Waals surface area (Å²) >= 11 is 0. The van der Waals surface area contributed by atoms with Crippen molar-refractivity contribution in [1.82, 2.24) is 0 Å². The van der Waals surface area contributed by atoms with E-state index in [0.29, 0.717) is 22.7 Å². The molecule has 0 saturated carbocycles. The van der Waals surface area contributed by atoms with E-state index in [1.54, 1.807) is 44.6 Å². The molecule has 0 fully saturated rings. The van der Waals surface area contributed by atoms with Gasteiger partial charge in [0.15, 0.2) is 0 Å². The Bertz CT molecular complexity index is 768. The first-order chi connectivity index (χ1) is 12.0. The van der Waals surface area contributed by atoms with Crippen LogP contribution in [0.5, 0.6) is 11.5 Å². The topological polar surface area (TPSA) is 73.9 Å². The molecule has 1 amide bonds. The van der Waals surface area contributed by atoms with E-state index < -0.39 is 5.97 Å². The molecule has 0 radical (unpaired) electrons. The third kappa shape index (κ3) is 4.50. The molecule has 0 aliphatic rings. The van der Waals surface area contributed by atoms with Gasteiger partial charge in [-0.1, -0.05) is 0 Å². The number of hydrogen-bond donors (Lipinski definition) is 1. The number of aryl methyl sites for hydroxylation is 1. The molecule has 6 nitrogen and oxygen atoms in total. The van der Waals surface area contributed by atoms with Gasteiger partial charge in [0.1, 0.15) is 11.5 Å². The Morgan fingerprint density at radius 2 is 1.60 bits per heavy atom. The SMILES string of the molecule is COC(=O)c1ccc(NC(=O)Cc2cc(OC)c(C)cc2OC)cc1. The predicted molar refractivity (Wildman–Crippen MR) is 94.4 cm³/mol. The molecule has 0 aliphatic carbocycles. The third-order valence-electron chi connectivity index (χ3n) is 3.74. The fourth-order valence-electron chi connectivity index (χ4n) is 2.44. The number of hydrogen-bond acceptors (Lipinski definition) is 5. The second kappa shape index (κ2) is 8.19. The number of carbonyl (C=O) groups excluding carboxylic acids is 2. The van der Waals surface area contributed by atoms with Crippen LogP contribution in [-0.2, 0) is 16.0 Å². The highest BCUT2D eigenvalue weighted by molar-refractivity contribution is 5.94. The minimum Gasteiger partial charge on any atom is -0.496 e. The predicted octanol–water partition coefficient (Wildman–Crippen LogP) is 2.98. The van der Waals surface area contributed by atoms with Gasteiger partial charge in [0.2, 0.25) is 5.91 Å². The first-order valence-corrected chi connectivity index (χ1v) is 7.68. The Balaban J connectivity index is 2.11. The Morgan fingerprint density at radius 1 is 0.960 bits per heavy atom. The van der Waals surface area contributed by atoms with Crippen molar-refractivity contribution in [2.24, 2.45) is 0 Å². The molecular weight excluding hydrogens is 322 g/mol.